The quantitative estimate of drug-likeness (QED) is 0.767. The second-order valence-corrected chi connectivity index (χ2v) is 7.97. The van der Waals surface area contributed by atoms with E-state index in [0.29, 0.717) is 13.1 Å². The number of aromatic nitrogens is 1. The van der Waals surface area contributed by atoms with Crippen molar-refractivity contribution in [1.82, 2.24) is 15.2 Å². The summed E-state index contributed by atoms with van der Waals surface area (Å²) in [5.41, 5.74) is 1.20. The molecule has 27 heavy (non-hydrogen) atoms. The minimum atomic E-state index is -0.499. The lowest BCUT2D eigenvalue weighted by atomic mass is 9.90. The van der Waals surface area contributed by atoms with Gasteiger partial charge in [-0.05, 0) is 25.5 Å². The molecule has 1 saturated heterocycles. The SMILES string of the molecule is CCC[C@]1(C)C(=O)NCCN1Cc1csc(CC(=O)Nc2ccccc2)n1. The average molecular weight is 387 g/mol. The fraction of sp³-hybridized carbons (Fsp3) is 0.450. The van der Waals surface area contributed by atoms with Gasteiger partial charge in [0.1, 0.15) is 5.01 Å². The first kappa shape index (κ1) is 19.5. The van der Waals surface area contributed by atoms with E-state index in [9.17, 15) is 9.59 Å². The van der Waals surface area contributed by atoms with Crippen LogP contribution < -0.4 is 10.6 Å². The van der Waals surface area contributed by atoms with Gasteiger partial charge in [0.15, 0.2) is 0 Å². The Morgan fingerprint density at radius 1 is 1.37 bits per heavy atom. The molecule has 1 aromatic carbocycles. The van der Waals surface area contributed by atoms with Gasteiger partial charge < -0.3 is 10.6 Å². The first-order valence-electron chi connectivity index (χ1n) is 9.33. The standard InChI is InChI=1S/C20H26N4O2S/c1-3-9-20(2)19(26)21-10-11-24(20)13-16-14-27-18(23-16)12-17(25)22-15-7-5-4-6-8-15/h4-8,14H,3,9-13H2,1-2H3,(H,21,26)(H,22,25)/t20-/m1/s1. The number of para-hydroxylation sites is 1. The fourth-order valence-electron chi connectivity index (χ4n) is 3.46. The molecule has 2 aromatic rings. The van der Waals surface area contributed by atoms with Gasteiger partial charge in [0.05, 0.1) is 17.7 Å². The van der Waals surface area contributed by atoms with Crippen molar-refractivity contribution < 1.29 is 9.59 Å². The maximum absolute atomic E-state index is 12.4. The van der Waals surface area contributed by atoms with E-state index in [-0.39, 0.29) is 18.2 Å². The highest BCUT2D eigenvalue weighted by atomic mass is 32.1. The summed E-state index contributed by atoms with van der Waals surface area (Å²) < 4.78 is 0. The van der Waals surface area contributed by atoms with Crippen LogP contribution in [0.3, 0.4) is 0 Å². The third-order valence-electron chi connectivity index (χ3n) is 4.91. The minimum absolute atomic E-state index is 0.0738. The lowest BCUT2D eigenvalue weighted by molar-refractivity contribution is -0.137. The maximum Gasteiger partial charge on any atom is 0.240 e. The monoisotopic (exact) mass is 386 g/mol. The Morgan fingerprint density at radius 3 is 2.89 bits per heavy atom. The molecule has 6 nitrogen and oxygen atoms in total. The molecule has 0 unspecified atom stereocenters. The largest absolute Gasteiger partial charge is 0.353 e. The second kappa shape index (κ2) is 8.63. The van der Waals surface area contributed by atoms with E-state index < -0.39 is 5.54 Å². The first-order chi connectivity index (χ1) is 13.0. The predicted molar refractivity (Wildman–Crippen MR) is 108 cm³/mol. The van der Waals surface area contributed by atoms with E-state index in [1.807, 2.05) is 42.6 Å². The number of hydrogen-bond donors (Lipinski definition) is 2. The van der Waals surface area contributed by atoms with Crippen molar-refractivity contribution in [2.75, 3.05) is 18.4 Å². The van der Waals surface area contributed by atoms with Gasteiger partial charge in [-0.1, -0.05) is 31.5 Å². The summed E-state index contributed by atoms with van der Waals surface area (Å²) >= 11 is 1.49. The van der Waals surface area contributed by atoms with Gasteiger partial charge in [-0.25, -0.2) is 4.98 Å². The molecule has 7 heteroatoms. The molecule has 0 bridgehead atoms. The van der Waals surface area contributed by atoms with Gasteiger partial charge in [-0.15, -0.1) is 11.3 Å². The van der Waals surface area contributed by atoms with Crippen molar-refractivity contribution in [2.24, 2.45) is 0 Å². The molecule has 1 aliphatic rings. The van der Waals surface area contributed by atoms with E-state index in [4.69, 9.17) is 0 Å². The molecule has 1 atom stereocenters. The summed E-state index contributed by atoms with van der Waals surface area (Å²) in [6.45, 7) is 6.20. The van der Waals surface area contributed by atoms with Gasteiger partial charge in [0.25, 0.3) is 0 Å². The van der Waals surface area contributed by atoms with Gasteiger partial charge in [0.2, 0.25) is 11.8 Å². The van der Waals surface area contributed by atoms with Gasteiger partial charge >= 0.3 is 0 Å². The smallest absolute Gasteiger partial charge is 0.240 e. The Balaban J connectivity index is 1.61. The molecule has 1 aliphatic heterocycles. The van der Waals surface area contributed by atoms with Gasteiger partial charge in [-0.3, -0.25) is 14.5 Å². The molecular formula is C20H26N4O2S. The Bertz CT molecular complexity index is 792. The highest BCUT2D eigenvalue weighted by Crippen LogP contribution is 2.26. The summed E-state index contributed by atoms with van der Waals surface area (Å²) in [7, 11) is 0. The van der Waals surface area contributed by atoms with E-state index in [1.54, 1.807) is 0 Å². The van der Waals surface area contributed by atoms with Crippen LogP contribution in [0.4, 0.5) is 5.69 Å². The van der Waals surface area contributed by atoms with Crippen LogP contribution in [0.15, 0.2) is 35.7 Å². The number of carbonyl (C=O) groups is 2. The van der Waals surface area contributed by atoms with Crippen molar-refractivity contribution in [3.05, 3.63) is 46.4 Å². The zero-order valence-corrected chi connectivity index (χ0v) is 16.6. The third-order valence-corrected chi connectivity index (χ3v) is 5.81. The summed E-state index contributed by atoms with van der Waals surface area (Å²) in [5.74, 6) is 0.0172. The van der Waals surface area contributed by atoms with E-state index in [2.05, 4.69) is 27.4 Å². The lowest BCUT2D eigenvalue weighted by Crippen LogP contribution is -2.62. The number of benzene rings is 1. The average Bonchev–Trinajstić information content (AvgIpc) is 3.07. The molecule has 144 valence electrons. The number of rotatable bonds is 7. The lowest BCUT2D eigenvalue weighted by Gasteiger charge is -2.43. The molecule has 1 fully saturated rings. The second-order valence-electron chi connectivity index (χ2n) is 7.02. The first-order valence-corrected chi connectivity index (χ1v) is 10.2. The van der Waals surface area contributed by atoms with Crippen LogP contribution in [0.25, 0.3) is 0 Å². The van der Waals surface area contributed by atoms with Crippen LogP contribution in [0.2, 0.25) is 0 Å². The molecule has 0 aliphatic carbocycles. The summed E-state index contributed by atoms with van der Waals surface area (Å²) in [5, 5.41) is 8.64. The van der Waals surface area contributed by atoms with E-state index in [1.165, 1.54) is 11.3 Å². The number of piperazine rings is 1. The number of carbonyl (C=O) groups excluding carboxylic acids is 2. The number of amides is 2. The Morgan fingerprint density at radius 2 is 2.15 bits per heavy atom. The van der Waals surface area contributed by atoms with Crippen molar-refractivity contribution in [1.29, 1.82) is 0 Å². The predicted octanol–water partition coefficient (Wildman–Crippen LogP) is 2.81. The molecule has 1 aromatic heterocycles. The number of nitrogens with one attached hydrogen (secondary N) is 2. The number of anilines is 1. The van der Waals surface area contributed by atoms with Crippen LogP contribution >= 0.6 is 11.3 Å². The third kappa shape index (κ3) is 4.73. The summed E-state index contributed by atoms with van der Waals surface area (Å²) in [6, 6.07) is 9.41. The number of nitrogens with zero attached hydrogens (tertiary/aromatic N) is 2. The zero-order chi connectivity index (χ0) is 19.3. The van der Waals surface area contributed by atoms with Crippen molar-refractivity contribution in [3.8, 4) is 0 Å². The molecule has 2 N–H and O–H groups in total. The van der Waals surface area contributed by atoms with Crippen LogP contribution in [-0.4, -0.2) is 40.3 Å². The molecule has 0 saturated carbocycles. The molecule has 2 amide bonds. The maximum atomic E-state index is 12.4. The summed E-state index contributed by atoms with van der Waals surface area (Å²) in [4.78, 5) is 31.4. The van der Waals surface area contributed by atoms with E-state index in [0.717, 1.165) is 35.8 Å². The van der Waals surface area contributed by atoms with E-state index >= 15 is 0 Å². The van der Waals surface area contributed by atoms with Crippen molar-refractivity contribution in [3.63, 3.8) is 0 Å². The van der Waals surface area contributed by atoms with Crippen molar-refractivity contribution in [2.45, 2.75) is 45.2 Å². The highest BCUT2D eigenvalue weighted by Gasteiger charge is 2.41. The molecular weight excluding hydrogens is 360 g/mol. The van der Waals surface area contributed by atoms with Gasteiger partial charge in [0, 0.05) is 30.7 Å². The van der Waals surface area contributed by atoms with Crippen LogP contribution in [0.5, 0.6) is 0 Å². The molecule has 2 heterocycles. The van der Waals surface area contributed by atoms with Crippen LogP contribution in [0.1, 0.15) is 37.4 Å². The Hall–Kier alpha value is -2.25. The normalized spacial score (nSPS) is 20.3. The fourth-order valence-corrected chi connectivity index (χ4v) is 4.24. The van der Waals surface area contributed by atoms with Crippen LogP contribution in [-0.2, 0) is 22.6 Å². The Kier molecular flexibility index (Phi) is 6.23. The molecule has 0 radical (unpaired) electrons. The Labute approximate surface area is 164 Å². The molecule has 0 spiro atoms. The zero-order valence-electron chi connectivity index (χ0n) is 15.8. The van der Waals surface area contributed by atoms with Crippen molar-refractivity contribution >= 4 is 28.8 Å². The number of hydrogen-bond acceptors (Lipinski definition) is 5. The topological polar surface area (TPSA) is 74.3 Å². The molecule has 3 rings (SSSR count). The summed E-state index contributed by atoms with van der Waals surface area (Å²) in [6.07, 6.45) is 2.02. The van der Waals surface area contributed by atoms with Crippen LogP contribution in [0, 0.1) is 0 Å². The number of thiazole rings is 1. The minimum Gasteiger partial charge on any atom is -0.353 e. The van der Waals surface area contributed by atoms with Gasteiger partial charge in [-0.2, -0.15) is 0 Å². The highest BCUT2D eigenvalue weighted by molar-refractivity contribution is 7.09.